The Kier molecular flexibility index (Phi) is 3.31. The quantitative estimate of drug-likeness (QED) is 0.785. The summed E-state index contributed by atoms with van der Waals surface area (Å²) in [4.78, 5) is 14.2. The van der Waals surface area contributed by atoms with Gasteiger partial charge in [-0.15, -0.1) is 0 Å². The first kappa shape index (κ1) is 8.66. The van der Waals surface area contributed by atoms with E-state index in [1.807, 2.05) is 0 Å². The number of thioether (sulfide) groups is 1. The minimum Gasteiger partial charge on any atom is -0.480 e. The van der Waals surface area contributed by atoms with Crippen molar-refractivity contribution >= 4 is 53.4 Å². The first-order chi connectivity index (χ1) is 4.75. The van der Waals surface area contributed by atoms with Crippen molar-refractivity contribution in [2.75, 3.05) is 0 Å². The second-order valence-corrected chi connectivity index (χ2v) is 5.13. The lowest BCUT2D eigenvalue weighted by Gasteiger charge is -2.07. The van der Waals surface area contributed by atoms with Crippen molar-refractivity contribution in [2.24, 2.45) is 4.99 Å². The zero-order valence-corrected chi connectivity index (χ0v) is 8.52. The van der Waals surface area contributed by atoms with Gasteiger partial charge in [-0.1, -0.05) is 20.7 Å². The molecule has 10 heavy (non-hydrogen) atoms. The van der Waals surface area contributed by atoms with Crippen molar-refractivity contribution in [2.45, 2.75) is 10.6 Å². The molecule has 0 amide bonds. The Morgan fingerprint density at radius 3 is 3.00 bits per heavy atom. The van der Waals surface area contributed by atoms with Crippen molar-refractivity contribution < 1.29 is 9.90 Å². The van der Waals surface area contributed by atoms with E-state index in [0.29, 0.717) is 0 Å². The van der Waals surface area contributed by atoms with E-state index < -0.39 is 12.0 Å². The van der Waals surface area contributed by atoms with Crippen molar-refractivity contribution in [3.8, 4) is 0 Å². The summed E-state index contributed by atoms with van der Waals surface area (Å²) in [6.07, 6.45) is 0. The fourth-order valence-electron chi connectivity index (χ4n) is 0.555. The Balaban J connectivity index is 2.57. The number of hydrogen-bond acceptors (Lipinski definition) is 4. The number of aliphatic imine (C=N–C) groups is 1. The predicted octanol–water partition coefficient (Wildman–Crippen LogP) is 1.62. The van der Waals surface area contributed by atoms with Gasteiger partial charge in [0, 0.05) is 0 Å². The van der Waals surface area contributed by atoms with Crippen molar-refractivity contribution in [1.82, 2.24) is 0 Å². The van der Waals surface area contributed by atoms with Crippen molar-refractivity contribution in [3.63, 3.8) is 0 Å². The molecule has 0 saturated carbocycles. The second kappa shape index (κ2) is 3.82. The summed E-state index contributed by atoms with van der Waals surface area (Å²) in [6, 6.07) is -0.549. The summed E-state index contributed by atoms with van der Waals surface area (Å²) < 4.78 is 0.0538. The molecule has 0 saturated heterocycles. The second-order valence-electron chi connectivity index (χ2n) is 1.63. The number of hydrogen-bond donors (Lipinski definition) is 1. The lowest BCUT2D eigenvalue weighted by Crippen LogP contribution is -2.23. The fourth-order valence-corrected chi connectivity index (χ4v) is 3.73. The maximum absolute atomic E-state index is 10.4. The molecule has 0 radical (unpaired) electrons. The number of rotatable bonds is 2. The molecule has 0 aliphatic carbocycles. The van der Waals surface area contributed by atoms with E-state index in [1.165, 1.54) is 20.7 Å². The van der Waals surface area contributed by atoms with E-state index in [0.717, 1.165) is 0 Å². The molecule has 1 aliphatic heterocycles. The summed E-state index contributed by atoms with van der Waals surface area (Å²) in [5.74, 6) is -0.838. The van der Waals surface area contributed by atoms with Crippen LogP contribution in [0.1, 0.15) is 0 Å². The van der Waals surface area contributed by atoms with Crippen LogP contribution in [-0.2, 0) is 4.79 Å². The number of carboxylic acids is 1. The SMILES string of the molecule is O=C(O)C1N=CSC1SI. The molecule has 1 heterocycles. The standard InChI is InChI=1S/C4H4INO2S2/c5-10-4-2(3(7)8)6-1-9-4/h1-2,4H,(H,7,8). The van der Waals surface area contributed by atoms with Crippen LogP contribution in [0.25, 0.3) is 0 Å². The zero-order chi connectivity index (χ0) is 7.56. The maximum atomic E-state index is 10.4. The highest BCUT2D eigenvalue weighted by atomic mass is 127. The van der Waals surface area contributed by atoms with Gasteiger partial charge in [-0.25, -0.2) is 4.79 Å². The third-order valence-electron chi connectivity index (χ3n) is 1.02. The van der Waals surface area contributed by atoms with Gasteiger partial charge in [0.25, 0.3) is 0 Å². The largest absolute Gasteiger partial charge is 0.480 e. The van der Waals surface area contributed by atoms with Crippen LogP contribution in [-0.4, -0.2) is 27.2 Å². The number of nitrogens with zero attached hydrogens (tertiary/aromatic N) is 1. The van der Waals surface area contributed by atoms with E-state index in [9.17, 15) is 4.79 Å². The lowest BCUT2D eigenvalue weighted by molar-refractivity contribution is -0.137. The summed E-state index contributed by atoms with van der Waals surface area (Å²) in [5, 5.41) is 8.57. The Hall–Kier alpha value is 0.570. The van der Waals surface area contributed by atoms with Gasteiger partial charge in [0.05, 0.1) is 10.1 Å². The van der Waals surface area contributed by atoms with E-state index in [4.69, 9.17) is 5.11 Å². The Labute approximate surface area is 78.6 Å². The number of carbonyl (C=O) groups is 1. The van der Waals surface area contributed by atoms with Gasteiger partial charge in [-0.3, -0.25) is 4.99 Å². The summed E-state index contributed by atoms with van der Waals surface area (Å²) >= 11 is 3.55. The lowest BCUT2D eigenvalue weighted by atomic mass is 10.4. The molecular formula is C4H4INO2S2. The number of halogens is 1. The molecule has 1 N–H and O–H groups in total. The van der Waals surface area contributed by atoms with Crippen LogP contribution in [0.2, 0.25) is 0 Å². The third-order valence-corrected chi connectivity index (χ3v) is 5.52. The summed E-state index contributed by atoms with van der Waals surface area (Å²) in [7, 11) is 1.50. The molecule has 1 aliphatic rings. The zero-order valence-electron chi connectivity index (χ0n) is 4.73. The molecule has 2 unspecified atom stereocenters. The van der Waals surface area contributed by atoms with Gasteiger partial charge >= 0.3 is 5.97 Å². The first-order valence-corrected chi connectivity index (χ1v) is 6.79. The van der Waals surface area contributed by atoms with Gasteiger partial charge in [0.2, 0.25) is 0 Å². The molecule has 0 aromatic rings. The van der Waals surface area contributed by atoms with E-state index >= 15 is 0 Å². The van der Waals surface area contributed by atoms with Gasteiger partial charge in [0.1, 0.15) is 0 Å². The van der Waals surface area contributed by atoms with Gasteiger partial charge < -0.3 is 5.11 Å². The molecule has 0 bridgehead atoms. The average Bonchev–Trinajstić information content (AvgIpc) is 2.33. The van der Waals surface area contributed by atoms with Crippen LogP contribution in [0.15, 0.2) is 4.99 Å². The first-order valence-electron chi connectivity index (χ1n) is 2.43. The van der Waals surface area contributed by atoms with E-state index in [2.05, 4.69) is 26.2 Å². The van der Waals surface area contributed by atoms with Crippen LogP contribution in [0, 0.1) is 0 Å². The molecule has 2 atom stereocenters. The molecule has 0 spiro atoms. The van der Waals surface area contributed by atoms with Crippen LogP contribution < -0.4 is 0 Å². The normalized spacial score (nSPS) is 30.9. The fraction of sp³-hybridized carbons (Fsp3) is 0.500. The van der Waals surface area contributed by atoms with E-state index in [-0.39, 0.29) is 4.58 Å². The molecular weight excluding hydrogens is 285 g/mol. The third kappa shape index (κ3) is 1.79. The molecule has 56 valence electrons. The molecule has 0 fully saturated rings. The van der Waals surface area contributed by atoms with Gasteiger partial charge in [-0.2, -0.15) is 0 Å². The monoisotopic (exact) mass is 289 g/mol. The minimum absolute atomic E-state index is 0.0538. The van der Waals surface area contributed by atoms with Crippen LogP contribution in [0.5, 0.6) is 0 Å². The predicted molar refractivity (Wildman–Crippen MR) is 52.9 cm³/mol. The minimum atomic E-state index is -0.838. The maximum Gasteiger partial charge on any atom is 0.330 e. The van der Waals surface area contributed by atoms with Crippen LogP contribution in [0.3, 0.4) is 0 Å². The highest BCUT2D eigenvalue weighted by Crippen LogP contribution is 2.35. The smallest absolute Gasteiger partial charge is 0.330 e. The van der Waals surface area contributed by atoms with Crippen molar-refractivity contribution in [1.29, 1.82) is 0 Å². The number of aliphatic carboxylic acids is 1. The summed E-state index contributed by atoms with van der Waals surface area (Å²) in [6.45, 7) is 0. The van der Waals surface area contributed by atoms with E-state index in [1.54, 1.807) is 5.55 Å². The molecule has 0 aromatic carbocycles. The number of carboxylic acid groups (broad SMARTS) is 1. The highest BCUT2D eigenvalue weighted by molar-refractivity contribution is 14.2. The average molecular weight is 289 g/mol. The molecule has 6 heteroatoms. The Morgan fingerprint density at radius 2 is 2.60 bits per heavy atom. The van der Waals surface area contributed by atoms with Gasteiger partial charge in [-0.05, 0) is 21.2 Å². The van der Waals surface area contributed by atoms with Crippen LogP contribution in [0.4, 0.5) is 0 Å². The molecule has 0 aromatic heterocycles. The Bertz CT molecular complexity index is 175. The molecule has 1 rings (SSSR count). The topological polar surface area (TPSA) is 49.7 Å². The summed E-state index contributed by atoms with van der Waals surface area (Å²) in [5.41, 5.74) is 1.61. The van der Waals surface area contributed by atoms with Gasteiger partial charge in [0.15, 0.2) is 6.04 Å². The van der Waals surface area contributed by atoms with Crippen LogP contribution >= 0.6 is 41.9 Å². The Morgan fingerprint density at radius 1 is 1.90 bits per heavy atom. The van der Waals surface area contributed by atoms with Crippen molar-refractivity contribution in [3.05, 3.63) is 0 Å². The molecule has 3 nitrogen and oxygen atoms in total. The highest BCUT2D eigenvalue weighted by Gasteiger charge is 2.30.